The highest BCUT2D eigenvalue weighted by Gasteiger charge is 2.21. The van der Waals surface area contributed by atoms with E-state index in [0.29, 0.717) is 18.8 Å². The molecule has 3 heterocycles. The van der Waals surface area contributed by atoms with E-state index in [1.165, 1.54) is 18.5 Å². The number of piperidine rings is 1. The third kappa shape index (κ3) is 7.72. The Morgan fingerprint density at radius 2 is 1.64 bits per heavy atom. The van der Waals surface area contributed by atoms with Crippen molar-refractivity contribution < 1.29 is 14.2 Å². The van der Waals surface area contributed by atoms with Gasteiger partial charge in [0, 0.05) is 50.1 Å². The summed E-state index contributed by atoms with van der Waals surface area (Å²) < 4.78 is 17.1. The standard InChI is InChI=1S/C30H41N5O3.ClH/c1-34-15-4-5-24(14-16-34)38-25-8-6-22(7-9-25)20-35-17-12-23(13-18-35)31-30-28-19-26(37-3)10-11-27(28)29(21-36-2)32-33-30;/h6-11,19,23-24H,4-5,12-18,20-21H2,1-3H3,(H,31,33);1H. The van der Waals surface area contributed by atoms with E-state index in [4.69, 9.17) is 14.2 Å². The summed E-state index contributed by atoms with van der Waals surface area (Å²) in [5, 5.41) is 14.7. The van der Waals surface area contributed by atoms with E-state index >= 15 is 0 Å². The monoisotopic (exact) mass is 555 g/mol. The maximum absolute atomic E-state index is 6.29. The molecule has 1 unspecified atom stereocenters. The first kappa shape index (κ1) is 29.3. The Kier molecular flexibility index (Phi) is 10.6. The average molecular weight is 556 g/mol. The lowest BCUT2D eigenvalue weighted by Gasteiger charge is -2.32. The molecule has 5 rings (SSSR count). The fourth-order valence-corrected chi connectivity index (χ4v) is 5.55. The second kappa shape index (κ2) is 14.1. The summed E-state index contributed by atoms with van der Waals surface area (Å²) in [7, 11) is 5.56. The summed E-state index contributed by atoms with van der Waals surface area (Å²) in [6.07, 6.45) is 5.90. The zero-order chi connectivity index (χ0) is 26.3. The van der Waals surface area contributed by atoms with E-state index in [1.54, 1.807) is 14.2 Å². The van der Waals surface area contributed by atoms with E-state index in [1.807, 2.05) is 18.2 Å². The van der Waals surface area contributed by atoms with Gasteiger partial charge in [-0.25, -0.2) is 0 Å². The molecule has 0 radical (unpaired) electrons. The molecule has 2 aliphatic heterocycles. The summed E-state index contributed by atoms with van der Waals surface area (Å²) in [6.45, 7) is 5.77. The zero-order valence-corrected chi connectivity index (χ0v) is 24.2. The van der Waals surface area contributed by atoms with Crippen molar-refractivity contribution in [3.8, 4) is 11.5 Å². The molecule has 212 valence electrons. The van der Waals surface area contributed by atoms with E-state index in [9.17, 15) is 0 Å². The molecule has 8 nitrogen and oxygen atoms in total. The van der Waals surface area contributed by atoms with Crippen LogP contribution in [0.4, 0.5) is 5.82 Å². The molecule has 0 aliphatic carbocycles. The molecule has 1 atom stereocenters. The summed E-state index contributed by atoms with van der Waals surface area (Å²) in [6, 6.07) is 15.1. The van der Waals surface area contributed by atoms with Crippen molar-refractivity contribution >= 4 is 29.0 Å². The number of nitrogens with zero attached hydrogens (tertiary/aromatic N) is 4. The van der Waals surface area contributed by atoms with Crippen molar-refractivity contribution in [2.24, 2.45) is 0 Å². The van der Waals surface area contributed by atoms with Gasteiger partial charge in [-0.3, -0.25) is 4.90 Å². The number of anilines is 1. The highest BCUT2D eigenvalue weighted by Crippen LogP contribution is 2.29. The normalized spacial score (nSPS) is 19.3. The lowest BCUT2D eigenvalue weighted by atomic mass is 10.0. The smallest absolute Gasteiger partial charge is 0.156 e. The summed E-state index contributed by atoms with van der Waals surface area (Å²) >= 11 is 0. The molecule has 2 aliphatic rings. The van der Waals surface area contributed by atoms with Gasteiger partial charge in [0.15, 0.2) is 5.82 Å². The van der Waals surface area contributed by atoms with Crippen LogP contribution in [0.25, 0.3) is 10.8 Å². The second-order valence-electron chi connectivity index (χ2n) is 10.7. The summed E-state index contributed by atoms with van der Waals surface area (Å²) in [4.78, 5) is 4.93. The van der Waals surface area contributed by atoms with Crippen molar-refractivity contribution in [1.29, 1.82) is 0 Å². The van der Waals surface area contributed by atoms with Gasteiger partial charge in [-0.2, -0.15) is 5.10 Å². The third-order valence-electron chi connectivity index (χ3n) is 7.80. The maximum Gasteiger partial charge on any atom is 0.156 e. The Balaban J connectivity index is 0.00000353. The molecule has 2 fully saturated rings. The first-order valence-electron chi connectivity index (χ1n) is 13.9. The van der Waals surface area contributed by atoms with Gasteiger partial charge in [0.1, 0.15) is 11.5 Å². The predicted octanol–water partition coefficient (Wildman–Crippen LogP) is 5.15. The highest BCUT2D eigenvalue weighted by atomic mass is 35.5. The molecular formula is C30H42ClN5O3. The Hall–Kier alpha value is -2.65. The maximum atomic E-state index is 6.29. The lowest BCUT2D eigenvalue weighted by Crippen LogP contribution is -2.38. The van der Waals surface area contributed by atoms with Gasteiger partial charge in [0.25, 0.3) is 0 Å². The fourth-order valence-electron chi connectivity index (χ4n) is 5.55. The van der Waals surface area contributed by atoms with Crippen LogP contribution in [0.2, 0.25) is 0 Å². The zero-order valence-electron chi connectivity index (χ0n) is 23.4. The summed E-state index contributed by atoms with van der Waals surface area (Å²) in [5.41, 5.74) is 2.17. The van der Waals surface area contributed by atoms with Crippen molar-refractivity contribution in [3.63, 3.8) is 0 Å². The second-order valence-corrected chi connectivity index (χ2v) is 10.7. The number of fused-ring (bicyclic) bond motifs is 1. The Morgan fingerprint density at radius 1 is 0.872 bits per heavy atom. The van der Waals surface area contributed by atoms with E-state index in [-0.39, 0.29) is 12.4 Å². The van der Waals surface area contributed by atoms with Crippen LogP contribution in [-0.4, -0.2) is 79.6 Å². The molecule has 0 bridgehead atoms. The predicted molar refractivity (Wildman–Crippen MR) is 158 cm³/mol. The van der Waals surface area contributed by atoms with Crippen molar-refractivity contribution in [2.45, 2.75) is 57.4 Å². The number of nitrogens with one attached hydrogen (secondary N) is 1. The number of hydrogen-bond donors (Lipinski definition) is 1. The molecule has 0 spiro atoms. The first-order valence-corrected chi connectivity index (χ1v) is 13.9. The number of rotatable bonds is 9. The molecular weight excluding hydrogens is 514 g/mol. The van der Waals surface area contributed by atoms with E-state index in [0.717, 1.165) is 85.6 Å². The van der Waals surface area contributed by atoms with Crippen LogP contribution < -0.4 is 14.8 Å². The number of ether oxygens (including phenoxy) is 3. The topological polar surface area (TPSA) is 72.0 Å². The Morgan fingerprint density at radius 3 is 2.38 bits per heavy atom. The molecule has 2 saturated heterocycles. The molecule has 1 aromatic heterocycles. The van der Waals surface area contributed by atoms with E-state index < -0.39 is 0 Å². The van der Waals surface area contributed by atoms with Crippen LogP contribution in [0.3, 0.4) is 0 Å². The number of likely N-dealkylation sites (tertiary alicyclic amines) is 2. The van der Waals surface area contributed by atoms with Crippen LogP contribution >= 0.6 is 12.4 Å². The summed E-state index contributed by atoms with van der Waals surface area (Å²) in [5.74, 6) is 2.62. The fraction of sp³-hybridized carbons (Fsp3) is 0.533. The quantitative estimate of drug-likeness (QED) is 0.389. The van der Waals surface area contributed by atoms with Crippen molar-refractivity contribution in [2.75, 3.05) is 52.8 Å². The molecule has 2 aromatic carbocycles. The van der Waals surface area contributed by atoms with Crippen molar-refractivity contribution in [1.82, 2.24) is 20.0 Å². The largest absolute Gasteiger partial charge is 0.497 e. The van der Waals surface area contributed by atoms with Gasteiger partial charge in [-0.05, 0) is 81.6 Å². The van der Waals surface area contributed by atoms with E-state index in [2.05, 4.69) is 56.6 Å². The minimum Gasteiger partial charge on any atom is -0.497 e. The van der Waals surface area contributed by atoms with Gasteiger partial charge in [0.05, 0.1) is 25.5 Å². The Bertz CT molecular complexity index is 1190. The molecule has 0 amide bonds. The average Bonchev–Trinajstić information content (AvgIpc) is 3.15. The van der Waals surface area contributed by atoms with Crippen LogP contribution in [0.1, 0.15) is 43.4 Å². The minimum absolute atomic E-state index is 0. The number of methoxy groups -OCH3 is 2. The molecule has 39 heavy (non-hydrogen) atoms. The first-order chi connectivity index (χ1) is 18.6. The van der Waals surface area contributed by atoms with Crippen LogP contribution in [0.5, 0.6) is 11.5 Å². The third-order valence-corrected chi connectivity index (χ3v) is 7.80. The molecule has 9 heteroatoms. The van der Waals surface area contributed by atoms with Gasteiger partial charge >= 0.3 is 0 Å². The Labute approximate surface area is 238 Å². The lowest BCUT2D eigenvalue weighted by molar-refractivity contribution is 0.182. The number of hydrogen-bond acceptors (Lipinski definition) is 8. The molecule has 3 aromatic rings. The van der Waals surface area contributed by atoms with Gasteiger partial charge in [0.2, 0.25) is 0 Å². The molecule has 0 saturated carbocycles. The SMILES string of the molecule is COCc1nnc(NC2CCN(Cc3ccc(OC4CCCN(C)CC4)cc3)CC2)c2cc(OC)ccc12.Cl. The van der Waals surface area contributed by atoms with Gasteiger partial charge in [-0.15, -0.1) is 17.5 Å². The number of halogens is 1. The molecule has 1 N–H and O–H groups in total. The van der Waals surface area contributed by atoms with Crippen LogP contribution in [-0.2, 0) is 17.9 Å². The minimum atomic E-state index is 0. The highest BCUT2D eigenvalue weighted by molar-refractivity contribution is 5.94. The number of aromatic nitrogens is 2. The van der Waals surface area contributed by atoms with Gasteiger partial charge in [-0.1, -0.05) is 12.1 Å². The van der Waals surface area contributed by atoms with Crippen LogP contribution in [0.15, 0.2) is 42.5 Å². The van der Waals surface area contributed by atoms with Crippen molar-refractivity contribution in [3.05, 3.63) is 53.7 Å². The number of benzene rings is 2. The van der Waals surface area contributed by atoms with Crippen LogP contribution in [0, 0.1) is 0 Å². The van der Waals surface area contributed by atoms with Gasteiger partial charge < -0.3 is 24.4 Å².